The Morgan fingerprint density at radius 3 is 1.97 bits per heavy atom. The van der Waals surface area contributed by atoms with Gasteiger partial charge in [0.1, 0.15) is 5.69 Å². The van der Waals surface area contributed by atoms with Gasteiger partial charge in [-0.3, -0.25) is 9.78 Å². The van der Waals surface area contributed by atoms with Crippen LogP contribution in [0.25, 0.3) is 0 Å². The van der Waals surface area contributed by atoms with Crippen molar-refractivity contribution in [3.8, 4) is 5.88 Å². The average molecular weight is 567 g/mol. The highest BCUT2D eigenvalue weighted by atomic mass is 19.4. The number of carbonyl (C=O) groups is 3. The summed E-state index contributed by atoms with van der Waals surface area (Å²) in [5, 5.41) is 14.2. The zero-order valence-corrected chi connectivity index (χ0v) is 19.9. The summed E-state index contributed by atoms with van der Waals surface area (Å²) >= 11 is 0. The quantitative estimate of drug-likeness (QED) is 0.532. The number of amides is 1. The van der Waals surface area contributed by atoms with Crippen LogP contribution >= 0.6 is 0 Å². The molecule has 1 aliphatic carbocycles. The third-order valence-electron chi connectivity index (χ3n) is 5.37. The van der Waals surface area contributed by atoms with E-state index in [9.17, 15) is 31.1 Å². The summed E-state index contributed by atoms with van der Waals surface area (Å²) in [6, 6.07) is 11.2. The highest BCUT2D eigenvalue weighted by Gasteiger charge is 2.43. The molecule has 10 nitrogen and oxygen atoms in total. The second-order valence-electron chi connectivity index (χ2n) is 8.11. The van der Waals surface area contributed by atoms with Crippen molar-refractivity contribution in [1.82, 2.24) is 14.9 Å². The molecule has 2 fully saturated rings. The van der Waals surface area contributed by atoms with Crippen LogP contribution in [0.1, 0.15) is 23.3 Å². The lowest BCUT2D eigenvalue weighted by atomic mass is 10.1. The van der Waals surface area contributed by atoms with Crippen LogP contribution in [0.15, 0.2) is 48.8 Å². The molecule has 16 heteroatoms. The van der Waals surface area contributed by atoms with Crippen LogP contribution in [0.5, 0.6) is 5.88 Å². The molecule has 1 aliphatic heterocycles. The molecule has 2 aromatic heterocycles. The summed E-state index contributed by atoms with van der Waals surface area (Å²) < 4.78 is 75.2. The fourth-order valence-electron chi connectivity index (χ4n) is 3.71. The predicted octanol–water partition coefficient (Wildman–Crippen LogP) is 3.44. The molecule has 0 bridgehead atoms. The first-order valence-corrected chi connectivity index (χ1v) is 11.2. The number of hydrogen-bond donors (Lipinski definition) is 2. The molecule has 1 saturated heterocycles. The lowest BCUT2D eigenvalue weighted by molar-refractivity contribution is -0.193. The lowest BCUT2D eigenvalue weighted by Gasteiger charge is -2.37. The van der Waals surface area contributed by atoms with Gasteiger partial charge in [-0.1, -0.05) is 12.1 Å². The zero-order chi connectivity index (χ0) is 29.2. The van der Waals surface area contributed by atoms with Crippen LogP contribution < -0.4 is 4.74 Å². The van der Waals surface area contributed by atoms with Crippen molar-refractivity contribution in [2.75, 3.05) is 19.8 Å². The van der Waals surface area contributed by atoms with Gasteiger partial charge in [-0.2, -0.15) is 26.3 Å². The maximum atomic E-state index is 12.8. The maximum absolute atomic E-state index is 12.8. The van der Waals surface area contributed by atoms with Crippen molar-refractivity contribution in [3.05, 3.63) is 54.5 Å². The highest BCUT2D eigenvalue weighted by Crippen LogP contribution is 2.35. The topological polar surface area (TPSA) is 139 Å². The summed E-state index contributed by atoms with van der Waals surface area (Å²) in [5.41, 5.74) is 0.497. The van der Waals surface area contributed by atoms with Crippen LogP contribution in [-0.4, -0.2) is 87.2 Å². The number of carbonyl (C=O) groups excluding carboxylic acids is 1. The number of nitrogens with zero attached hydrogens (tertiary/aromatic N) is 3. The molecule has 0 spiro atoms. The van der Waals surface area contributed by atoms with E-state index in [0.29, 0.717) is 37.3 Å². The highest BCUT2D eigenvalue weighted by molar-refractivity contribution is 5.92. The first-order valence-electron chi connectivity index (χ1n) is 11.2. The fourth-order valence-corrected chi connectivity index (χ4v) is 3.71. The van der Waals surface area contributed by atoms with E-state index in [0.717, 1.165) is 12.8 Å². The molecule has 4 rings (SSSR count). The van der Waals surface area contributed by atoms with Crippen LogP contribution in [-0.2, 0) is 14.3 Å². The second kappa shape index (κ2) is 13.7. The Morgan fingerprint density at radius 1 is 0.923 bits per heavy atom. The summed E-state index contributed by atoms with van der Waals surface area (Å²) in [5.74, 6) is -4.53. The Kier molecular flexibility index (Phi) is 11.0. The number of aliphatic carboxylic acids is 2. The van der Waals surface area contributed by atoms with Crippen molar-refractivity contribution in [2.24, 2.45) is 5.92 Å². The van der Waals surface area contributed by atoms with Crippen molar-refractivity contribution in [3.63, 3.8) is 0 Å². The SMILES string of the molecule is O=C(O)C(F)(F)F.O=C(O)C(F)(F)F.O=C(c1ccccn1)N1CCOC2CC(COc3ccccn3)CC21. The number of hydrogen-bond acceptors (Lipinski definition) is 7. The molecule has 1 saturated carbocycles. The third kappa shape index (κ3) is 10.0. The Bertz CT molecular complexity index is 1060. The van der Waals surface area contributed by atoms with Crippen LogP contribution in [0.4, 0.5) is 26.3 Å². The zero-order valence-electron chi connectivity index (χ0n) is 19.9. The van der Waals surface area contributed by atoms with E-state index in [4.69, 9.17) is 29.3 Å². The monoisotopic (exact) mass is 567 g/mol. The van der Waals surface area contributed by atoms with Gasteiger partial charge < -0.3 is 24.6 Å². The largest absolute Gasteiger partial charge is 0.490 e. The van der Waals surface area contributed by atoms with E-state index in [1.807, 2.05) is 35.2 Å². The summed E-state index contributed by atoms with van der Waals surface area (Å²) in [7, 11) is 0. The Hall–Kier alpha value is -3.95. The number of carboxylic acids is 2. The van der Waals surface area contributed by atoms with Crippen molar-refractivity contribution in [2.45, 2.75) is 37.3 Å². The van der Waals surface area contributed by atoms with Crippen molar-refractivity contribution in [1.29, 1.82) is 0 Å². The number of aromatic nitrogens is 2. The summed E-state index contributed by atoms with van der Waals surface area (Å²) in [4.78, 5) is 40.9. The van der Waals surface area contributed by atoms with E-state index < -0.39 is 24.3 Å². The number of morpholine rings is 1. The van der Waals surface area contributed by atoms with Gasteiger partial charge in [-0.15, -0.1) is 0 Å². The Balaban J connectivity index is 0.000000317. The van der Waals surface area contributed by atoms with E-state index in [1.165, 1.54) is 0 Å². The number of halogens is 6. The third-order valence-corrected chi connectivity index (χ3v) is 5.37. The number of carboxylic acid groups (broad SMARTS) is 2. The van der Waals surface area contributed by atoms with E-state index in [2.05, 4.69) is 9.97 Å². The molecule has 0 aromatic carbocycles. The molecule has 3 unspecified atom stereocenters. The Morgan fingerprint density at radius 2 is 1.49 bits per heavy atom. The summed E-state index contributed by atoms with van der Waals surface area (Å²) in [6.07, 6.45) is -4.91. The molecule has 1 amide bonds. The summed E-state index contributed by atoms with van der Waals surface area (Å²) in [6.45, 7) is 1.79. The van der Waals surface area contributed by atoms with Gasteiger partial charge >= 0.3 is 24.3 Å². The van der Waals surface area contributed by atoms with Gasteiger partial charge in [-0.05, 0) is 37.0 Å². The number of alkyl halides is 6. The number of ether oxygens (including phenoxy) is 2. The van der Waals surface area contributed by atoms with E-state index in [1.54, 1.807) is 18.5 Å². The van der Waals surface area contributed by atoms with E-state index in [-0.39, 0.29) is 18.1 Å². The van der Waals surface area contributed by atoms with Gasteiger partial charge in [0.15, 0.2) is 0 Å². The minimum atomic E-state index is -5.08. The number of fused-ring (bicyclic) bond motifs is 1. The lowest BCUT2D eigenvalue weighted by Crippen LogP contribution is -2.51. The molecule has 39 heavy (non-hydrogen) atoms. The first kappa shape index (κ1) is 31.3. The molecule has 0 radical (unpaired) electrons. The van der Waals surface area contributed by atoms with Crippen LogP contribution in [0, 0.1) is 5.92 Å². The molecule has 2 N–H and O–H groups in total. The standard InChI is InChI=1S/C19H21N3O3.2C2HF3O2/c23-19(15-5-1-3-7-20-15)22-9-10-24-17-12-14(11-16(17)22)13-25-18-6-2-4-8-21-18;2*3-2(4,5)1(6)7/h1-8,14,16-17H,9-13H2;2*(H,6,7). The molecular weight excluding hydrogens is 544 g/mol. The smallest absolute Gasteiger partial charge is 0.477 e. The predicted molar refractivity (Wildman–Crippen MR) is 119 cm³/mol. The molecule has 214 valence electrons. The van der Waals surface area contributed by atoms with Gasteiger partial charge in [-0.25, -0.2) is 14.6 Å². The maximum Gasteiger partial charge on any atom is 0.490 e. The van der Waals surface area contributed by atoms with Gasteiger partial charge in [0.25, 0.3) is 5.91 Å². The second-order valence-corrected chi connectivity index (χ2v) is 8.11. The van der Waals surface area contributed by atoms with Crippen molar-refractivity contribution >= 4 is 17.8 Å². The molecule has 3 heterocycles. The average Bonchev–Trinajstić information content (AvgIpc) is 3.31. The first-order chi connectivity index (χ1) is 18.2. The minimum Gasteiger partial charge on any atom is -0.477 e. The Labute approximate surface area is 217 Å². The normalized spacial score (nSPS) is 20.4. The van der Waals surface area contributed by atoms with Gasteiger partial charge in [0.2, 0.25) is 5.88 Å². The molecule has 3 atom stereocenters. The van der Waals surface area contributed by atoms with Crippen LogP contribution in [0.3, 0.4) is 0 Å². The molecule has 2 aromatic rings. The van der Waals surface area contributed by atoms with Gasteiger partial charge in [0, 0.05) is 25.0 Å². The minimum absolute atomic E-state index is 0.00908. The number of pyridine rings is 2. The molecule has 2 aliphatic rings. The van der Waals surface area contributed by atoms with Gasteiger partial charge in [0.05, 0.1) is 25.4 Å². The van der Waals surface area contributed by atoms with Crippen molar-refractivity contribution < 1.29 is 60.4 Å². The van der Waals surface area contributed by atoms with Crippen LogP contribution in [0.2, 0.25) is 0 Å². The van der Waals surface area contributed by atoms with E-state index >= 15 is 0 Å². The molecular formula is C23H23F6N3O7. The fraction of sp³-hybridized carbons (Fsp3) is 0.435. The number of rotatable bonds is 4.